The molecule has 0 saturated carbocycles. The maximum absolute atomic E-state index is 9.53. The fraction of sp³-hybridized carbons (Fsp3) is 1.00. The Hall–Kier alpha value is 1.11. The van der Waals surface area contributed by atoms with Crippen LogP contribution in [-0.4, -0.2) is 13.2 Å². The Morgan fingerprint density at radius 2 is 1.18 bits per heavy atom. The van der Waals surface area contributed by atoms with Gasteiger partial charge in [0, 0.05) is 0 Å². The van der Waals surface area contributed by atoms with E-state index in [0.717, 1.165) is 19.3 Å². The predicted molar refractivity (Wildman–Crippen MR) is 34.9 cm³/mol. The Morgan fingerprint density at radius 3 is 1.18 bits per heavy atom. The van der Waals surface area contributed by atoms with E-state index >= 15 is 0 Å². The van der Waals surface area contributed by atoms with Gasteiger partial charge in [0.2, 0.25) is 0 Å². The van der Waals surface area contributed by atoms with Crippen LogP contribution in [0.3, 0.4) is 0 Å². The third kappa shape index (κ3) is 54.5. The Bertz CT molecular complexity index is 33.6. The van der Waals surface area contributed by atoms with Gasteiger partial charge in [-0.2, -0.15) is 0 Å². The van der Waals surface area contributed by atoms with Crippen molar-refractivity contribution in [2.75, 3.05) is 13.2 Å². The molecule has 0 heterocycles. The normalized spacial score (nSPS) is 6.55. The van der Waals surface area contributed by atoms with Crippen molar-refractivity contribution in [3.8, 4) is 0 Å². The molecule has 0 aliphatic heterocycles. The Morgan fingerprint density at radius 1 is 0.818 bits per heavy atom. The van der Waals surface area contributed by atoms with Crippen LogP contribution >= 0.6 is 0 Å². The summed E-state index contributed by atoms with van der Waals surface area (Å²) in [6.45, 7) is 4.04. The Kier molecular flexibility index (Phi) is 62.8. The van der Waals surface area contributed by atoms with E-state index in [2.05, 4.69) is 0 Å². The largest absolute Gasteiger partial charge is 1.00 e. The molecular weight excluding hydrogens is 130 g/mol. The first-order valence-electron chi connectivity index (χ1n) is 3.49. The van der Waals surface area contributed by atoms with Crippen molar-refractivity contribution in [2.24, 2.45) is 0 Å². The molecule has 0 N–H and O–H groups in total. The summed E-state index contributed by atoms with van der Waals surface area (Å²) < 4.78 is 0. The van der Waals surface area contributed by atoms with Gasteiger partial charge in [-0.1, -0.05) is 33.1 Å². The molecule has 0 amide bonds. The van der Waals surface area contributed by atoms with Crippen molar-refractivity contribution >= 4 is 0 Å². The first kappa shape index (κ1) is 22.7. The summed E-state index contributed by atoms with van der Waals surface area (Å²) in [6, 6.07) is 0. The zero-order valence-electron chi connectivity index (χ0n) is 8.35. The number of rotatable bonds is 3. The van der Waals surface area contributed by atoms with E-state index in [1.54, 1.807) is 0 Å². The van der Waals surface area contributed by atoms with E-state index in [1.165, 1.54) is 0 Å². The molecule has 0 radical (unpaired) electrons. The molecule has 0 rings (SSSR count). The van der Waals surface area contributed by atoms with Crippen molar-refractivity contribution in [2.45, 2.75) is 33.1 Å². The zero-order chi connectivity index (χ0) is 7.54. The van der Waals surface area contributed by atoms with Crippen molar-refractivity contribution in [1.29, 1.82) is 0 Å². The second-order valence-corrected chi connectivity index (χ2v) is 1.76. The van der Waals surface area contributed by atoms with E-state index in [0.29, 0.717) is 0 Å². The third-order valence-electron chi connectivity index (χ3n) is 0.702. The molecule has 0 atom stereocenters. The SMILES string of the molecule is CCCC[O-].CCC[O-].[Li+].[Li+]. The average molecular weight is 146 g/mol. The van der Waals surface area contributed by atoms with E-state index in [9.17, 15) is 10.2 Å². The van der Waals surface area contributed by atoms with Crippen molar-refractivity contribution < 1.29 is 47.9 Å². The zero-order valence-corrected chi connectivity index (χ0v) is 8.35. The fourth-order valence-corrected chi connectivity index (χ4v) is 0.144. The van der Waals surface area contributed by atoms with Gasteiger partial charge in [0.25, 0.3) is 0 Å². The van der Waals surface area contributed by atoms with Crippen LogP contribution in [0.25, 0.3) is 0 Å². The second-order valence-electron chi connectivity index (χ2n) is 1.76. The molecule has 0 saturated heterocycles. The number of hydrogen-bond donors (Lipinski definition) is 0. The summed E-state index contributed by atoms with van der Waals surface area (Å²) in [5.41, 5.74) is 0. The Balaban J connectivity index is -0.0000000383. The standard InChI is InChI=1S/C4H9O.C3H7O.2Li/c1-2-3-4-5;1-2-3-4;;/h2-4H2,1H3;2-3H2,1H3;;/q2*-1;2*+1. The molecule has 0 aromatic heterocycles. The van der Waals surface area contributed by atoms with Gasteiger partial charge in [0.1, 0.15) is 0 Å². The summed E-state index contributed by atoms with van der Waals surface area (Å²) in [5.74, 6) is 0. The van der Waals surface area contributed by atoms with Gasteiger partial charge in [-0.15, -0.1) is 13.2 Å². The summed E-state index contributed by atoms with van der Waals surface area (Å²) in [5, 5.41) is 18.8. The predicted octanol–water partition coefficient (Wildman–Crippen LogP) is -6.09. The molecule has 0 fully saturated rings. The van der Waals surface area contributed by atoms with E-state index in [1.807, 2.05) is 13.8 Å². The summed E-state index contributed by atoms with van der Waals surface area (Å²) in [7, 11) is 0. The van der Waals surface area contributed by atoms with Gasteiger partial charge in [-0.3, -0.25) is 0 Å². The third-order valence-corrected chi connectivity index (χ3v) is 0.702. The number of hydrogen-bond acceptors (Lipinski definition) is 2. The topological polar surface area (TPSA) is 46.1 Å². The molecule has 2 nitrogen and oxygen atoms in total. The maximum Gasteiger partial charge on any atom is 1.00 e. The first-order chi connectivity index (χ1) is 4.33. The van der Waals surface area contributed by atoms with E-state index < -0.39 is 0 Å². The van der Waals surface area contributed by atoms with Gasteiger partial charge in [0.05, 0.1) is 0 Å². The second kappa shape index (κ2) is 30.4. The minimum Gasteiger partial charge on any atom is -0.854 e. The maximum atomic E-state index is 9.53. The molecule has 0 spiro atoms. The summed E-state index contributed by atoms with van der Waals surface area (Å²) >= 11 is 0. The van der Waals surface area contributed by atoms with Crippen LogP contribution in [0, 0.1) is 0 Å². The van der Waals surface area contributed by atoms with Crippen molar-refractivity contribution in [3.63, 3.8) is 0 Å². The van der Waals surface area contributed by atoms with E-state index in [4.69, 9.17) is 0 Å². The van der Waals surface area contributed by atoms with Gasteiger partial charge in [0.15, 0.2) is 0 Å². The van der Waals surface area contributed by atoms with Gasteiger partial charge >= 0.3 is 37.7 Å². The first-order valence-corrected chi connectivity index (χ1v) is 3.49. The molecule has 0 aliphatic carbocycles. The molecule has 0 unspecified atom stereocenters. The van der Waals surface area contributed by atoms with Gasteiger partial charge in [-0.05, 0) is 0 Å². The molecule has 11 heavy (non-hydrogen) atoms. The minimum absolute atomic E-state index is 0. The average Bonchev–Trinajstić information content (AvgIpc) is 1.91. The monoisotopic (exact) mass is 146 g/mol. The molecule has 0 aromatic carbocycles. The van der Waals surface area contributed by atoms with Crippen LogP contribution in [0.2, 0.25) is 0 Å². The van der Waals surface area contributed by atoms with Crippen LogP contribution in [0.15, 0.2) is 0 Å². The summed E-state index contributed by atoms with van der Waals surface area (Å²) in [6.07, 6.45) is 2.63. The van der Waals surface area contributed by atoms with Crippen LogP contribution in [0.4, 0.5) is 0 Å². The minimum atomic E-state index is 0. The van der Waals surface area contributed by atoms with Crippen LogP contribution in [0.5, 0.6) is 0 Å². The molecule has 0 aromatic rings. The molecule has 58 valence electrons. The van der Waals surface area contributed by atoms with Crippen molar-refractivity contribution in [3.05, 3.63) is 0 Å². The van der Waals surface area contributed by atoms with Crippen molar-refractivity contribution in [1.82, 2.24) is 0 Å². The van der Waals surface area contributed by atoms with Crippen LogP contribution in [-0.2, 0) is 0 Å². The van der Waals surface area contributed by atoms with E-state index in [-0.39, 0.29) is 50.9 Å². The van der Waals surface area contributed by atoms with Crippen LogP contribution in [0.1, 0.15) is 33.1 Å². The Labute approximate surface area is 94.1 Å². The van der Waals surface area contributed by atoms with Crippen LogP contribution < -0.4 is 47.9 Å². The summed E-state index contributed by atoms with van der Waals surface area (Å²) in [4.78, 5) is 0. The molecule has 0 aliphatic rings. The smallest absolute Gasteiger partial charge is 0.854 e. The fourth-order valence-electron chi connectivity index (χ4n) is 0.144. The number of unbranched alkanes of at least 4 members (excludes halogenated alkanes) is 1. The quantitative estimate of drug-likeness (QED) is 0.372. The molecule has 0 bridgehead atoms. The molecule has 4 heteroatoms. The van der Waals surface area contributed by atoms with Gasteiger partial charge in [-0.25, -0.2) is 0 Å². The molecular formula is C7H16Li2O2. The van der Waals surface area contributed by atoms with Gasteiger partial charge < -0.3 is 10.2 Å².